The van der Waals surface area contributed by atoms with E-state index in [-0.39, 0.29) is 37.6 Å². The summed E-state index contributed by atoms with van der Waals surface area (Å²) in [6.45, 7) is 3.62. The molecule has 7 heteroatoms. The van der Waals surface area contributed by atoms with Gasteiger partial charge in [-0.15, -0.1) is 0 Å². The summed E-state index contributed by atoms with van der Waals surface area (Å²) in [7, 11) is 0. The van der Waals surface area contributed by atoms with Crippen molar-refractivity contribution in [2.45, 2.75) is 51.5 Å². The number of carbonyl (C=O) groups is 3. The first-order valence-electron chi connectivity index (χ1n) is 11.9. The maximum Gasteiger partial charge on any atom is 0.407 e. The number of carboxylic acids is 1. The number of nitrogens with one attached hydrogen (secondary N) is 1. The predicted octanol–water partition coefficient (Wildman–Crippen LogP) is 4.41. The van der Waals surface area contributed by atoms with Crippen LogP contribution in [0.15, 0.2) is 48.5 Å². The zero-order valence-electron chi connectivity index (χ0n) is 19.8. The SMILES string of the molecule is CC(C)N(CC(=O)O)C(=O)C1(CNC(=O)OCC2c3ccccc3-c3ccccc32)CCCC1. The third kappa shape index (κ3) is 4.65. The Bertz CT molecular complexity index is 1030. The molecule has 0 spiro atoms. The van der Waals surface area contributed by atoms with E-state index in [0.717, 1.165) is 35.1 Å². The number of ether oxygens (including phenoxy) is 1. The summed E-state index contributed by atoms with van der Waals surface area (Å²) in [5.74, 6) is -1.28. The van der Waals surface area contributed by atoms with Gasteiger partial charge in [-0.25, -0.2) is 4.79 Å². The Morgan fingerprint density at radius 1 is 1.03 bits per heavy atom. The summed E-state index contributed by atoms with van der Waals surface area (Å²) in [6.07, 6.45) is 2.43. The summed E-state index contributed by atoms with van der Waals surface area (Å²) in [5, 5.41) is 12.1. The average Bonchev–Trinajstić information content (AvgIpc) is 3.43. The van der Waals surface area contributed by atoms with Gasteiger partial charge in [0.05, 0.1) is 5.41 Å². The second kappa shape index (κ2) is 9.87. The monoisotopic (exact) mass is 464 g/mol. The Morgan fingerprint density at radius 2 is 1.59 bits per heavy atom. The molecule has 0 bridgehead atoms. The molecule has 180 valence electrons. The summed E-state index contributed by atoms with van der Waals surface area (Å²) in [4.78, 5) is 38.7. The van der Waals surface area contributed by atoms with Crippen molar-refractivity contribution < 1.29 is 24.2 Å². The number of benzene rings is 2. The Morgan fingerprint density at radius 3 is 2.12 bits per heavy atom. The van der Waals surface area contributed by atoms with Gasteiger partial charge >= 0.3 is 12.1 Å². The zero-order chi connectivity index (χ0) is 24.3. The lowest BCUT2D eigenvalue weighted by atomic mass is 9.84. The van der Waals surface area contributed by atoms with Crippen LogP contribution < -0.4 is 5.32 Å². The maximum atomic E-state index is 13.4. The molecular formula is C27H32N2O5. The Labute approximate surface area is 200 Å². The van der Waals surface area contributed by atoms with Crippen molar-refractivity contribution in [2.75, 3.05) is 19.7 Å². The number of alkyl carbamates (subject to hydrolysis) is 1. The lowest BCUT2D eigenvalue weighted by molar-refractivity contribution is -0.151. The molecule has 0 saturated heterocycles. The van der Waals surface area contributed by atoms with E-state index >= 15 is 0 Å². The molecule has 0 atom stereocenters. The van der Waals surface area contributed by atoms with Crippen LogP contribution in [-0.2, 0) is 14.3 Å². The average molecular weight is 465 g/mol. The van der Waals surface area contributed by atoms with Gasteiger partial charge in [-0.2, -0.15) is 0 Å². The molecule has 0 aliphatic heterocycles. The fourth-order valence-corrected chi connectivity index (χ4v) is 5.35. The number of hydrogen-bond acceptors (Lipinski definition) is 4. The summed E-state index contributed by atoms with van der Waals surface area (Å²) in [5.41, 5.74) is 3.82. The number of rotatable bonds is 8. The molecule has 2 amide bonds. The van der Waals surface area contributed by atoms with Crippen molar-refractivity contribution in [1.82, 2.24) is 10.2 Å². The minimum Gasteiger partial charge on any atom is -0.480 e. The molecular weight excluding hydrogens is 432 g/mol. The fraction of sp³-hybridized carbons (Fsp3) is 0.444. The number of hydrogen-bond donors (Lipinski definition) is 2. The van der Waals surface area contributed by atoms with Gasteiger partial charge in [0.2, 0.25) is 5.91 Å². The molecule has 1 saturated carbocycles. The highest BCUT2D eigenvalue weighted by Crippen LogP contribution is 2.44. The molecule has 7 nitrogen and oxygen atoms in total. The van der Waals surface area contributed by atoms with Crippen LogP contribution in [0.1, 0.15) is 56.6 Å². The first-order valence-corrected chi connectivity index (χ1v) is 11.9. The highest BCUT2D eigenvalue weighted by atomic mass is 16.5. The van der Waals surface area contributed by atoms with Crippen molar-refractivity contribution in [3.63, 3.8) is 0 Å². The molecule has 0 unspecified atom stereocenters. The van der Waals surface area contributed by atoms with E-state index in [4.69, 9.17) is 4.74 Å². The number of amides is 2. The first-order chi connectivity index (χ1) is 16.3. The van der Waals surface area contributed by atoms with Crippen molar-refractivity contribution in [1.29, 1.82) is 0 Å². The summed E-state index contributed by atoms with van der Waals surface area (Å²) < 4.78 is 5.63. The van der Waals surface area contributed by atoms with Crippen LogP contribution >= 0.6 is 0 Å². The summed E-state index contributed by atoms with van der Waals surface area (Å²) >= 11 is 0. The fourth-order valence-electron chi connectivity index (χ4n) is 5.35. The molecule has 0 aromatic heterocycles. The van der Waals surface area contributed by atoms with Crippen LogP contribution in [0.4, 0.5) is 4.79 Å². The topological polar surface area (TPSA) is 95.9 Å². The van der Waals surface area contributed by atoms with Crippen molar-refractivity contribution in [3.8, 4) is 11.1 Å². The molecule has 2 aromatic rings. The minimum absolute atomic E-state index is 0.0350. The lowest BCUT2D eigenvalue weighted by Crippen LogP contribution is -2.52. The highest BCUT2D eigenvalue weighted by molar-refractivity contribution is 5.87. The van der Waals surface area contributed by atoms with E-state index in [2.05, 4.69) is 29.6 Å². The van der Waals surface area contributed by atoms with Gasteiger partial charge in [0.1, 0.15) is 13.2 Å². The van der Waals surface area contributed by atoms with E-state index in [9.17, 15) is 19.5 Å². The number of carbonyl (C=O) groups excluding carboxylic acids is 2. The molecule has 4 rings (SSSR count). The van der Waals surface area contributed by atoms with E-state index in [1.807, 2.05) is 38.1 Å². The Kier molecular flexibility index (Phi) is 6.91. The third-order valence-corrected chi connectivity index (χ3v) is 7.12. The van der Waals surface area contributed by atoms with Crippen LogP contribution in [0.25, 0.3) is 11.1 Å². The third-order valence-electron chi connectivity index (χ3n) is 7.12. The Hall–Kier alpha value is -3.35. The van der Waals surface area contributed by atoms with Crippen LogP contribution in [0.3, 0.4) is 0 Å². The van der Waals surface area contributed by atoms with Crippen LogP contribution in [0.5, 0.6) is 0 Å². The minimum atomic E-state index is -1.04. The first kappa shape index (κ1) is 23.8. The normalized spacial score (nSPS) is 16.1. The summed E-state index contributed by atoms with van der Waals surface area (Å²) in [6, 6.07) is 16.1. The van der Waals surface area contributed by atoms with Gasteiger partial charge in [-0.1, -0.05) is 61.4 Å². The quantitative estimate of drug-likeness (QED) is 0.603. The Balaban J connectivity index is 1.41. The molecule has 0 radical (unpaired) electrons. The molecule has 2 aromatic carbocycles. The van der Waals surface area contributed by atoms with Crippen LogP contribution in [0.2, 0.25) is 0 Å². The molecule has 0 heterocycles. The van der Waals surface area contributed by atoms with Gasteiger partial charge in [0.15, 0.2) is 0 Å². The van der Waals surface area contributed by atoms with Gasteiger partial charge in [-0.3, -0.25) is 9.59 Å². The molecule has 2 aliphatic rings. The van der Waals surface area contributed by atoms with E-state index in [1.54, 1.807) is 0 Å². The van der Waals surface area contributed by atoms with Crippen molar-refractivity contribution in [3.05, 3.63) is 59.7 Å². The van der Waals surface area contributed by atoms with Gasteiger partial charge in [0, 0.05) is 18.5 Å². The number of aliphatic carboxylic acids is 1. The number of carboxylic acid groups (broad SMARTS) is 1. The van der Waals surface area contributed by atoms with Crippen molar-refractivity contribution in [2.24, 2.45) is 5.41 Å². The van der Waals surface area contributed by atoms with Crippen LogP contribution in [-0.4, -0.2) is 53.7 Å². The second-order valence-corrected chi connectivity index (χ2v) is 9.59. The lowest BCUT2D eigenvalue weighted by Gasteiger charge is -2.36. The maximum absolute atomic E-state index is 13.4. The molecule has 2 N–H and O–H groups in total. The van der Waals surface area contributed by atoms with E-state index in [0.29, 0.717) is 12.8 Å². The van der Waals surface area contributed by atoms with Crippen LogP contribution in [0, 0.1) is 5.41 Å². The number of nitrogens with zero attached hydrogens (tertiary/aromatic N) is 1. The van der Waals surface area contributed by atoms with Gasteiger partial charge in [-0.05, 0) is 48.9 Å². The predicted molar refractivity (Wildman–Crippen MR) is 128 cm³/mol. The second-order valence-electron chi connectivity index (χ2n) is 9.59. The molecule has 34 heavy (non-hydrogen) atoms. The van der Waals surface area contributed by atoms with E-state index < -0.39 is 17.5 Å². The van der Waals surface area contributed by atoms with Gasteiger partial charge < -0.3 is 20.1 Å². The van der Waals surface area contributed by atoms with Gasteiger partial charge in [0.25, 0.3) is 0 Å². The molecule has 1 fully saturated rings. The standard InChI is InChI=1S/C27H32N2O5/c1-18(2)29(15-24(30)31)25(32)27(13-7-8-14-27)17-28-26(33)34-16-23-21-11-5-3-9-19(21)20-10-4-6-12-22(20)23/h3-6,9-12,18,23H,7-8,13-17H2,1-2H3,(H,28,33)(H,30,31). The highest BCUT2D eigenvalue weighted by Gasteiger charge is 2.45. The smallest absolute Gasteiger partial charge is 0.407 e. The van der Waals surface area contributed by atoms with E-state index in [1.165, 1.54) is 4.90 Å². The zero-order valence-corrected chi connectivity index (χ0v) is 19.8. The van der Waals surface area contributed by atoms with Crippen molar-refractivity contribution >= 4 is 18.0 Å². The largest absolute Gasteiger partial charge is 0.480 e. The molecule has 2 aliphatic carbocycles. The number of fused-ring (bicyclic) bond motifs is 3.